The molecule has 1 amide bonds. The van der Waals surface area contributed by atoms with Crippen LogP contribution in [0.5, 0.6) is 5.75 Å². The van der Waals surface area contributed by atoms with Crippen molar-refractivity contribution in [1.82, 2.24) is 5.32 Å². The number of benzene rings is 3. The summed E-state index contributed by atoms with van der Waals surface area (Å²) in [6.45, 7) is 2.64. The number of hydrogen-bond acceptors (Lipinski definition) is 4. The second-order valence-electron chi connectivity index (χ2n) is 7.01. The van der Waals surface area contributed by atoms with Gasteiger partial charge in [0, 0.05) is 32.5 Å². The number of phenolic OH excluding ortho intramolecular Hbond substituents is 1. The van der Waals surface area contributed by atoms with Crippen LogP contribution in [-0.2, 0) is 0 Å². The molecule has 0 atom stereocenters. The second-order valence-corrected chi connectivity index (χ2v) is 8.53. The number of aromatic hydroxyl groups is 1. The van der Waals surface area contributed by atoms with E-state index in [4.69, 9.17) is 16.6 Å². The van der Waals surface area contributed by atoms with Crippen LogP contribution in [0.1, 0.15) is 41.3 Å². The van der Waals surface area contributed by atoms with Crippen molar-refractivity contribution in [2.75, 3.05) is 6.54 Å². The summed E-state index contributed by atoms with van der Waals surface area (Å²) >= 11 is 7.60. The minimum atomic E-state index is -0.293. The van der Waals surface area contributed by atoms with Gasteiger partial charge in [0.05, 0.1) is 17.0 Å². The summed E-state index contributed by atoms with van der Waals surface area (Å²) in [5, 5.41) is 14.0. The Hall–Kier alpha value is -2.76. The lowest BCUT2D eigenvalue weighted by atomic mass is 10.0. The minimum absolute atomic E-state index is 0.0436. The van der Waals surface area contributed by atoms with E-state index in [2.05, 4.69) is 12.2 Å². The molecule has 0 spiro atoms. The molecule has 0 aromatic heterocycles. The molecule has 0 aliphatic carbocycles. The van der Waals surface area contributed by atoms with Crippen LogP contribution in [0.3, 0.4) is 0 Å². The van der Waals surface area contributed by atoms with E-state index in [9.17, 15) is 9.90 Å². The van der Waals surface area contributed by atoms with Gasteiger partial charge in [0.15, 0.2) is 0 Å². The van der Waals surface area contributed by atoms with Crippen LogP contribution in [0.15, 0.2) is 75.4 Å². The fourth-order valence-electron chi connectivity index (χ4n) is 3.26. The fraction of sp³-hybridized carbons (Fsp3) is 0.167. The Morgan fingerprint density at radius 3 is 2.63 bits per heavy atom. The highest BCUT2D eigenvalue weighted by atomic mass is 35.5. The van der Waals surface area contributed by atoms with E-state index in [0.717, 1.165) is 39.5 Å². The number of halogens is 1. The van der Waals surface area contributed by atoms with Crippen LogP contribution in [0.2, 0.25) is 5.02 Å². The predicted octanol–water partition coefficient (Wildman–Crippen LogP) is 6.21. The molecule has 4 nitrogen and oxygen atoms in total. The van der Waals surface area contributed by atoms with Crippen LogP contribution < -0.4 is 5.32 Å². The number of amides is 1. The second kappa shape index (κ2) is 8.94. The average Bonchev–Trinajstić information content (AvgIpc) is 2.90. The predicted molar refractivity (Wildman–Crippen MR) is 123 cm³/mol. The first-order valence-electron chi connectivity index (χ1n) is 9.84. The van der Waals surface area contributed by atoms with E-state index >= 15 is 0 Å². The van der Waals surface area contributed by atoms with Crippen molar-refractivity contribution < 1.29 is 9.90 Å². The summed E-state index contributed by atoms with van der Waals surface area (Å²) in [6, 6.07) is 18.9. The Bertz CT molecular complexity index is 1130. The zero-order valence-corrected chi connectivity index (χ0v) is 18.1. The minimum Gasteiger partial charge on any atom is -0.507 e. The van der Waals surface area contributed by atoms with Crippen molar-refractivity contribution in [3.63, 3.8) is 0 Å². The molecule has 0 fully saturated rings. The highest BCUT2D eigenvalue weighted by Gasteiger charge is 2.22. The first-order chi connectivity index (χ1) is 14.6. The summed E-state index contributed by atoms with van der Waals surface area (Å²) < 4.78 is 0. The summed E-state index contributed by atoms with van der Waals surface area (Å²) in [4.78, 5) is 19.3. The highest BCUT2D eigenvalue weighted by molar-refractivity contribution is 7.99. The molecule has 2 N–H and O–H groups in total. The number of hydrogen-bond donors (Lipinski definition) is 2. The van der Waals surface area contributed by atoms with Gasteiger partial charge in [-0.3, -0.25) is 4.79 Å². The number of phenols is 1. The van der Waals surface area contributed by atoms with Gasteiger partial charge in [-0.25, -0.2) is 4.99 Å². The SMILES string of the molecule is CCCCNC(=O)c1cc2c(cc1O)Sc1ccccc1C(c1ccc(Cl)cc1)=N2. The van der Waals surface area contributed by atoms with Crippen molar-refractivity contribution in [3.05, 3.63) is 82.4 Å². The third-order valence-corrected chi connectivity index (χ3v) is 6.22. The van der Waals surface area contributed by atoms with Crippen LogP contribution in [0, 0.1) is 0 Å². The van der Waals surface area contributed by atoms with Gasteiger partial charge in [0.25, 0.3) is 5.91 Å². The van der Waals surface area contributed by atoms with Crippen molar-refractivity contribution in [2.45, 2.75) is 29.6 Å². The van der Waals surface area contributed by atoms with E-state index in [1.54, 1.807) is 12.1 Å². The van der Waals surface area contributed by atoms with Crippen LogP contribution >= 0.6 is 23.4 Å². The lowest BCUT2D eigenvalue weighted by molar-refractivity contribution is 0.0950. The van der Waals surface area contributed by atoms with Gasteiger partial charge in [-0.05, 0) is 36.8 Å². The van der Waals surface area contributed by atoms with Gasteiger partial charge in [0.2, 0.25) is 0 Å². The molecule has 3 aromatic carbocycles. The number of aliphatic imine (C=N–C) groups is 1. The molecule has 0 saturated heterocycles. The molecule has 152 valence electrons. The van der Waals surface area contributed by atoms with Gasteiger partial charge in [-0.2, -0.15) is 0 Å². The lowest BCUT2D eigenvalue weighted by Gasteiger charge is -2.10. The Labute approximate surface area is 185 Å². The highest BCUT2D eigenvalue weighted by Crippen LogP contribution is 2.43. The third kappa shape index (κ3) is 4.23. The molecule has 1 aliphatic rings. The lowest BCUT2D eigenvalue weighted by Crippen LogP contribution is -2.24. The molecule has 3 aromatic rings. The third-order valence-electron chi connectivity index (χ3n) is 4.85. The van der Waals surface area contributed by atoms with E-state index in [1.165, 1.54) is 11.8 Å². The molecule has 1 aliphatic heterocycles. The Morgan fingerprint density at radius 2 is 1.87 bits per heavy atom. The van der Waals surface area contributed by atoms with Crippen molar-refractivity contribution in [2.24, 2.45) is 4.99 Å². The summed E-state index contributed by atoms with van der Waals surface area (Å²) in [7, 11) is 0. The number of carbonyl (C=O) groups excluding carboxylic acids is 1. The summed E-state index contributed by atoms with van der Waals surface area (Å²) in [6.07, 6.45) is 1.88. The number of rotatable bonds is 5. The van der Waals surface area contributed by atoms with E-state index < -0.39 is 0 Å². The molecule has 30 heavy (non-hydrogen) atoms. The van der Waals surface area contributed by atoms with E-state index in [1.807, 2.05) is 48.5 Å². The van der Waals surface area contributed by atoms with E-state index in [-0.39, 0.29) is 17.2 Å². The Kier molecular flexibility index (Phi) is 6.11. The van der Waals surface area contributed by atoms with Gasteiger partial charge >= 0.3 is 0 Å². The quantitative estimate of drug-likeness (QED) is 0.365. The molecular formula is C24H21ClN2O2S. The number of nitrogens with zero attached hydrogens (tertiary/aromatic N) is 1. The maximum atomic E-state index is 12.6. The number of unbranched alkanes of at least 4 members (excludes halogenated alkanes) is 1. The maximum absolute atomic E-state index is 12.6. The standard InChI is InChI=1S/C24H21ClN2O2S/c1-2-3-12-26-24(29)18-13-19-22(14-20(18)28)30-21-7-5-4-6-17(21)23(27-19)15-8-10-16(25)11-9-15/h4-11,13-14,28H,2-3,12H2,1H3,(H,26,29). The molecule has 4 rings (SSSR count). The molecule has 1 heterocycles. The number of nitrogens with one attached hydrogen (secondary N) is 1. The zero-order chi connectivity index (χ0) is 21.1. The molecule has 0 radical (unpaired) electrons. The first kappa shape index (κ1) is 20.5. The molecule has 0 saturated carbocycles. The van der Waals surface area contributed by atoms with Crippen molar-refractivity contribution >= 4 is 40.7 Å². The fourth-order valence-corrected chi connectivity index (χ4v) is 4.42. The first-order valence-corrected chi connectivity index (χ1v) is 11.0. The van der Waals surface area contributed by atoms with Gasteiger partial charge in [-0.1, -0.05) is 67.0 Å². The Balaban J connectivity index is 1.82. The monoisotopic (exact) mass is 436 g/mol. The number of carbonyl (C=O) groups is 1. The van der Waals surface area contributed by atoms with Crippen molar-refractivity contribution in [3.8, 4) is 5.75 Å². The van der Waals surface area contributed by atoms with Crippen LogP contribution in [0.4, 0.5) is 5.69 Å². The molecule has 0 unspecified atom stereocenters. The largest absolute Gasteiger partial charge is 0.507 e. The average molecular weight is 437 g/mol. The topological polar surface area (TPSA) is 61.7 Å². The number of fused-ring (bicyclic) bond motifs is 2. The normalized spacial score (nSPS) is 12.4. The van der Waals surface area contributed by atoms with Crippen molar-refractivity contribution in [1.29, 1.82) is 0 Å². The summed E-state index contributed by atoms with van der Waals surface area (Å²) in [5.74, 6) is -0.336. The Morgan fingerprint density at radius 1 is 1.10 bits per heavy atom. The van der Waals surface area contributed by atoms with Gasteiger partial charge in [-0.15, -0.1) is 0 Å². The molecule has 0 bridgehead atoms. The van der Waals surface area contributed by atoms with Gasteiger partial charge < -0.3 is 10.4 Å². The van der Waals surface area contributed by atoms with Crippen LogP contribution in [-0.4, -0.2) is 23.3 Å². The maximum Gasteiger partial charge on any atom is 0.255 e. The smallest absolute Gasteiger partial charge is 0.255 e. The molecular weight excluding hydrogens is 416 g/mol. The summed E-state index contributed by atoms with van der Waals surface area (Å²) in [5.41, 5.74) is 3.61. The zero-order valence-electron chi connectivity index (χ0n) is 16.5. The van der Waals surface area contributed by atoms with Crippen LogP contribution in [0.25, 0.3) is 0 Å². The van der Waals surface area contributed by atoms with Gasteiger partial charge in [0.1, 0.15) is 5.75 Å². The van der Waals surface area contributed by atoms with E-state index in [0.29, 0.717) is 17.3 Å². The molecule has 6 heteroatoms.